The molecule has 3 aliphatic carbocycles. The van der Waals surface area contributed by atoms with Crippen LogP contribution in [0.1, 0.15) is 80.0 Å². The van der Waals surface area contributed by atoms with Crippen LogP contribution in [0.2, 0.25) is 10.0 Å². The van der Waals surface area contributed by atoms with Crippen molar-refractivity contribution in [2.45, 2.75) is 83.0 Å². The second kappa shape index (κ2) is 9.53. The first kappa shape index (κ1) is 25.1. The summed E-state index contributed by atoms with van der Waals surface area (Å²) in [7, 11) is 0. The Morgan fingerprint density at radius 3 is 2.46 bits per heavy atom. The molecule has 9 heteroatoms. The summed E-state index contributed by atoms with van der Waals surface area (Å²) in [6.07, 6.45) is 5.48. The van der Waals surface area contributed by atoms with Gasteiger partial charge in [-0.2, -0.15) is 0 Å². The highest BCUT2D eigenvalue weighted by molar-refractivity contribution is 6.39. The molecule has 4 atom stereocenters. The highest BCUT2D eigenvalue weighted by Crippen LogP contribution is 2.56. The molecule has 3 aliphatic rings. The molecule has 2 heterocycles. The normalized spacial score (nSPS) is 27.1. The molecular weight excluding hydrogens is 515 g/mol. The van der Waals surface area contributed by atoms with E-state index in [0.717, 1.165) is 37.0 Å². The summed E-state index contributed by atoms with van der Waals surface area (Å²) >= 11 is 13.0. The molecule has 0 saturated heterocycles. The van der Waals surface area contributed by atoms with Crippen LogP contribution in [-0.2, 0) is 28.2 Å². The van der Waals surface area contributed by atoms with E-state index in [9.17, 15) is 9.90 Å². The minimum Gasteiger partial charge on any atom is -0.443 e. The molecule has 0 aliphatic heterocycles. The predicted octanol–water partition coefficient (Wildman–Crippen LogP) is 6.55. The van der Waals surface area contributed by atoms with Gasteiger partial charge in [0.2, 0.25) is 5.89 Å². The Balaban J connectivity index is 1.21. The molecular formula is C28H30Cl2N2O5. The Morgan fingerprint density at radius 1 is 1.16 bits per heavy atom. The third kappa shape index (κ3) is 4.44. The number of aromatic nitrogens is 2. The fourth-order valence-electron chi connectivity index (χ4n) is 6.24. The summed E-state index contributed by atoms with van der Waals surface area (Å²) in [5.41, 5.74) is 1.69. The molecule has 0 radical (unpaired) electrons. The number of carbonyl (C=O) groups is 1. The van der Waals surface area contributed by atoms with E-state index in [1.807, 2.05) is 6.07 Å². The first-order valence-electron chi connectivity index (χ1n) is 13.0. The van der Waals surface area contributed by atoms with Crippen LogP contribution in [0.3, 0.4) is 0 Å². The minimum atomic E-state index is -1.13. The van der Waals surface area contributed by atoms with Gasteiger partial charge in [0.05, 0.1) is 34.9 Å². The van der Waals surface area contributed by atoms with Crippen LogP contribution in [0.5, 0.6) is 0 Å². The molecule has 1 N–H and O–H groups in total. The quantitative estimate of drug-likeness (QED) is 0.343. The lowest BCUT2D eigenvalue weighted by molar-refractivity contribution is -0.129. The van der Waals surface area contributed by atoms with Gasteiger partial charge >= 0.3 is 0 Å². The van der Waals surface area contributed by atoms with E-state index in [1.54, 1.807) is 19.1 Å². The van der Waals surface area contributed by atoms with Gasteiger partial charge in [0.15, 0.2) is 0 Å². The monoisotopic (exact) mass is 544 g/mol. The Kier molecular flexibility index (Phi) is 6.46. The zero-order valence-corrected chi connectivity index (χ0v) is 22.4. The number of benzene rings is 1. The van der Waals surface area contributed by atoms with Crippen molar-refractivity contribution in [2.24, 2.45) is 11.8 Å². The Hall–Kier alpha value is -2.19. The van der Waals surface area contributed by atoms with E-state index in [-0.39, 0.29) is 30.1 Å². The summed E-state index contributed by atoms with van der Waals surface area (Å²) in [5, 5.41) is 17.2. The number of aliphatic hydroxyl groups is 1. The van der Waals surface area contributed by atoms with E-state index < -0.39 is 5.60 Å². The molecule has 2 aromatic heterocycles. The van der Waals surface area contributed by atoms with Crippen LogP contribution in [0, 0.1) is 18.8 Å². The van der Waals surface area contributed by atoms with Crippen molar-refractivity contribution in [1.29, 1.82) is 0 Å². The van der Waals surface area contributed by atoms with E-state index in [4.69, 9.17) is 36.9 Å². The number of ketones is 1. The lowest BCUT2D eigenvalue weighted by Crippen LogP contribution is -2.44. The van der Waals surface area contributed by atoms with E-state index in [1.165, 1.54) is 6.92 Å². The number of nitrogens with zero attached hydrogens (tertiary/aromatic N) is 2. The zero-order chi connectivity index (χ0) is 25.9. The van der Waals surface area contributed by atoms with Gasteiger partial charge in [0.1, 0.15) is 28.6 Å². The molecule has 3 aromatic rings. The molecule has 7 nitrogen and oxygen atoms in total. The smallest absolute Gasteiger partial charge is 0.227 e. The number of ether oxygens (including phenoxy) is 1. The van der Waals surface area contributed by atoms with Crippen LogP contribution < -0.4 is 0 Å². The number of rotatable bonds is 8. The summed E-state index contributed by atoms with van der Waals surface area (Å²) in [5.74, 6) is 2.12. The van der Waals surface area contributed by atoms with Crippen molar-refractivity contribution in [1.82, 2.24) is 10.1 Å². The van der Waals surface area contributed by atoms with Crippen molar-refractivity contribution in [3.63, 3.8) is 0 Å². The summed E-state index contributed by atoms with van der Waals surface area (Å²) in [6.45, 7) is 3.67. The van der Waals surface area contributed by atoms with Crippen LogP contribution in [0.25, 0.3) is 11.3 Å². The average molecular weight is 545 g/mol. The minimum absolute atomic E-state index is 0.0202. The molecule has 0 amide bonds. The second-order valence-electron chi connectivity index (χ2n) is 10.8. The van der Waals surface area contributed by atoms with E-state index in [0.29, 0.717) is 64.0 Å². The first-order chi connectivity index (χ1) is 17.8. The largest absolute Gasteiger partial charge is 0.443 e. The molecule has 3 saturated carbocycles. The van der Waals surface area contributed by atoms with Crippen LogP contribution in [0.4, 0.5) is 0 Å². The molecule has 2 bridgehead atoms. The average Bonchev–Trinajstić information content (AvgIpc) is 3.48. The first-order valence-corrected chi connectivity index (χ1v) is 13.7. The van der Waals surface area contributed by atoms with Gasteiger partial charge in [-0.05, 0) is 76.3 Å². The lowest BCUT2D eigenvalue weighted by Gasteiger charge is -2.40. The maximum Gasteiger partial charge on any atom is 0.227 e. The number of aryl methyl sites for hydroxylation is 1. The van der Waals surface area contributed by atoms with Crippen molar-refractivity contribution >= 4 is 29.0 Å². The fraction of sp³-hybridized carbons (Fsp3) is 0.536. The topological polar surface area (TPSA) is 98.6 Å². The van der Waals surface area contributed by atoms with Gasteiger partial charge in [0.25, 0.3) is 0 Å². The second-order valence-corrected chi connectivity index (χ2v) is 11.7. The van der Waals surface area contributed by atoms with Crippen LogP contribution >= 0.6 is 23.2 Å². The number of Topliss-reactive ketones (excluding diaryl/α,β-unsaturated/α-hetero) is 1. The fourth-order valence-corrected chi connectivity index (χ4v) is 6.81. The van der Waals surface area contributed by atoms with E-state index >= 15 is 0 Å². The van der Waals surface area contributed by atoms with Gasteiger partial charge in [-0.15, -0.1) is 0 Å². The Morgan fingerprint density at radius 2 is 1.84 bits per heavy atom. The number of halogens is 2. The summed E-state index contributed by atoms with van der Waals surface area (Å²) < 4.78 is 18.2. The maximum absolute atomic E-state index is 11.8. The zero-order valence-electron chi connectivity index (χ0n) is 20.9. The molecule has 196 valence electrons. The van der Waals surface area contributed by atoms with E-state index in [2.05, 4.69) is 10.1 Å². The number of hydrogen-bond acceptors (Lipinski definition) is 7. The number of carbonyl (C=O) groups excluding carboxylic acids is 1. The number of fused-ring (bicyclic) bond motifs is 2. The molecule has 0 spiro atoms. The van der Waals surface area contributed by atoms with Gasteiger partial charge < -0.3 is 18.8 Å². The molecule has 37 heavy (non-hydrogen) atoms. The van der Waals surface area contributed by atoms with Gasteiger partial charge in [0, 0.05) is 17.0 Å². The summed E-state index contributed by atoms with van der Waals surface area (Å²) in [6, 6.07) is 5.40. The third-order valence-corrected chi connectivity index (χ3v) is 8.91. The van der Waals surface area contributed by atoms with Gasteiger partial charge in [-0.25, -0.2) is 4.98 Å². The van der Waals surface area contributed by atoms with Crippen molar-refractivity contribution < 1.29 is 23.6 Å². The highest BCUT2D eigenvalue weighted by Gasteiger charge is 2.57. The standard InChI is InChI=1S/C28H30Cl2N2O5/c1-14(33)10-23-15(2)36-27(31-23)28(34)17-8-9-18(28)12-19(11-17)35-13-20-25(32-37-26(20)16-6-7-16)24-21(29)4-3-5-22(24)30/h3-5,16-19,34H,6-13H2,1-2H3/t17-,18+,19?,28?. The number of oxazole rings is 1. The maximum atomic E-state index is 11.8. The van der Waals surface area contributed by atoms with Crippen molar-refractivity contribution in [3.05, 3.63) is 56.9 Å². The SMILES string of the molecule is CC(=O)Cc1nc(C2(O)[C@@H]3CC[C@H]2CC(OCc2c(-c4c(Cl)cccc4Cl)noc2C2CC2)C3)oc1C. The number of hydrogen-bond donors (Lipinski definition) is 1. The Labute approximate surface area is 225 Å². The van der Waals surface area contributed by atoms with Crippen molar-refractivity contribution in [2.75, 3.05) is 0 Å². The van der Waals surface area contributed by atoms with Gasteiger partial charge in [-0.1, -0.05) is 34.4 Å². The Bertz CT molecular complexity index is 1310. The third-order valence-electron chi connectivity index (χ3n) is 8.28. The van der Waals surface area contributed by atoms with Crippen molar-refractivity contribution in [3.8, 4) is 11.3 Å². The molecule has 6 rings (SSSR count). The van der Waals surface area contributed by atoms with Crippen LogP contribution in [-0.4, -0.2) is 27.1 Å². The predicted molar refractivity (Wildman–Crippen MR) is 137 cm³/mol. The molecule has 2 unspecified atom stereocenters. The molecule has 1 aromatic carbocycles. The summed E-state index contributed by atoms with van der Waals surface area (Å²) in [4.78, 5) is 16.2. The highest BCUT2D eigenvalue weighted by atomic mass is 35.5. The molecule has 3 fully saturated rings. The van der Waals surface area contributed by atoms with Gasteiger partial charge in [-0.3, -0.25) is 4.79 Å². The van der Waals surface area contributed by atoms with Crippen LogP contribution in [0.15, 0.2) is 27.1 Å². The lowest BCUT2D eigenvalue weighted by atomic mass is 9.73.